The van der Waals surface area contributed by atoms with Crippen LogP contribution in [-0.4, -0.2) is 37.1 Å². The topological polar surface area (TPSA) is 72.5 Å². The molecular weight excluding hydrogens is 270 g/mol. The number of nitrogens with one attached hydrogen (secondary N) is 2. The quantitative estimate of drug-likeness (QED) is 0.790. The molecule has 1 aromatic rings. The van der Waals surface area contributed by atoms with E-state index in [0.29, 0.717) is 19.0 Å². The Morgan fingerprint density at radius 1 is 1.48 bits per heavy atom. The third kappa shape index (κ3) is 6.10. The summed E-state index contributed by atoms with van der Waals surface area (Å²) in [5.74, 6) is 0.555. The molecule has 6 nitrogen and oxygen atoms in total. The normalized spacial score (nSPS) is 18.2. The highest BCUT2D eigenvalue weighted by Crippen LogP contribution is 2.13. The van der Waals surface area contributed by atoms with E-state index in [1.807, 2.05) is 19.1 Å². The molecule has 2 rings (SSSR count). The molecule has 0 spiro atoms. The first-order chi connectivity index (χ1) is 10.2. The van der Waals surface area contributed by atoms with E-state index in [9.17, 15) is 4.79 Å². The molecule has 1 saturated heterocycles. The predicted octanol–water partition coefficient (Wildman–Crippen LogP) is 2.44. The van der Waals surface area contributed by atoms with E-state index in [1.165, 1.54) is 0 Å². The molecule has 2 N–H and O–H groups in total. The molecule has 0 saturated carbocycles. The van der Waals surface area contributed by atoms with Crippen molar-refractivity contribution < 1.29 is 14.3 Å². The van der Waals surface area contributed by atoms with Crippen molar-refractivity contribution in [2.45, 2.75) is 38.9 Å². The van der Waals surface area contributed by atoms with Gasteiger partial charge in [-0.05, 0) is 44.7 Å². The van der Waals surface area contributed by atoms with Crippen LogP contribution in [0.2, 0.25) is 0 Å². The number of hydrogen-bond acceptors (Lipinski definition) is 4. The molecule has 0 bridgehead atoms. The summed E-state index contributed by atoms with van der Waals surface area (Å²) in [5, 5.41) is 5.47. The molecule has 1 aromatic heterocycles. The van der Waals surface area contributed by atoms with Crippen LogP contribution < -0.4 is 10.6 Å². The Labute approximate surface area is 125 Å². The zero-order valence-electron chi connectivity index (χ0n) is 12.4. The Hall–Kier alpha value is -1.66. The molecular formula is C15H23N3O3. The fraction of sp³-hybridized carbons (Fsp3) is 0.600. The summed E-state index contributed by atoms with van der Waals surface area (Å²) in [6.45, 7) is 3.82. The van der Waals surface area contributed by atoms with Crippen molar-refractivity contribution in [1.82, 2.24) is 10.3 Å². The van der Waals surface area contributed by atoms with Crippen LogP contribution >= 0.6 is 0 Å². The molecule has 1 aliphatic heterocycles. The second-order valence-corrected chi connectivity index (χ2v) is 5.07. The van der Waals surface area contributed by atoms with Crippen molar-refractivity contribution in [3.05, 3.63) is 23.9 Å². The van der Waals surface area contributed by atoms with E-state index in [-0.39, 0.29) is 12.3 Å². The Morgan fingerprint density at radius 2 is 2.38 bits per heavy atom. The van der Waals surface area contributed by atoms with Crippen molar-refractivity contribution in [1.29, 1.82) is 0 Å². The van der Waals surface area contributed by atoms with Crippen LogP contribution in [0.3, 0.4) is 0 Å². The highest BCUT2D eigenvalue weighted by molar-refractivity contribution is 5.88. The van der Waals surface area contributed by atoms with Gasteiger partial charge in [-0.3, -0.25) is 5.32 Å². The average Bonchev–Trinajstić information content (AvgIpc) is 2.48. The SMILES string of the molecule is Cc1cccc(NC(=O)NCCCO[C@H]2CCCCO2)n1. The van der Waals surface area contributed by atoms with E-state index >= 15 is 0 Å². The number of nitrogens with zero attached hydrogens (tertiary/aromatic N) is 1. The Kier molecular flexibility index (Phi) is 6.43. The smallest absolute Gasteiger partial charge is 0.320 e. The van der Waals surface area contributed by atoms with Crippen LogP contribution in [0.25, 0.3) is 0 Å². The summed E-state index contributed by atoms with van der Waals surface area (Å²) in [6, 6.07) is 5.25. The number of carbonyl (C=O) groups excluding carboxylic acids is 1. The van der Waals surface area contributed by atoms with Gasteiger partial charge in [-0.25, -0.2) is 9.78 Å². The van der Waals surface area contributed by atoms with Gasteiger partial charge in [0.2, 0.25) is 0 Å². The Bertz CT molecular complexity index is 448. The first-order valence-corrected chi connectivity index (χ1v) is 7.46. The lowest BCUT2D eigenvalue weighted by molar-refractivity contribution is -0.162. The van der Waals surface area contributed by atoms with Crippen LogP contribution in [0.5, 0.6) is 0 Å². The minimum absolute atomic E-state index is 0.0657. The lowest BCUT2D eigenvalue weighted by Gasteiger charge is -2.22. The second-order valence-electron chi connectivity index (χ2n) is 5.07. The monoisotopic (exact) mass is 293 g/mol. The summed E-state index contributed by atoms with van der Waals surface area (Å²) in [4.78, 5) is 15.9. The molecule has 0 aliphatic carbocycles. The minimum Gasteiger partial charge on any atom is -0.353 e. The van der Waals surface area contributed by atoms with E-state index in [0.717, 1.165) is 38.0 Å². The lowest BCUT2D eigenvalue weighted by Crippen LogP contribution is -2.31. The molecule has 2 heterocycles. The fourth-order valence-corrected chi connectivity index (χ4v) is 2.10. The Morgan fingerprint density at radius 3 is 3.14 bits per heavy atom. The maximum Gasteiger partial charge on any atom is 0.320 e. The number of pyridine rings is 1. The van der Waals surface area contributed by atoms with E-state index < -0.39 is 0 Å². The molecule has 116 valence electrons. The van der Waals surface area contributed by atoms with Gasteiger partial charge in [-0.2, -0.15) is 0 Å². The fourth-order valence-electron chi connectivity index (χ4n) is 2.10. The van der Waals surface area contributed by atoms with Crippen molar-refractivity contribution >= 4 is 11.8 Å². The van der Waals surface area contributed by atoms with Gasteiger partial charge < -0.3 is 14.8 Å². The lowest BCUT2D eigenvalue weighted by atomic mass is 10.2. The van der Waals surface area contributed by atoms with E-state index in [2.05, 4.69) is 15.6 Å². The van der Waals surface area contributed by atoms with E-state index in [1.54, 1.807) is 6.07 Å². The summed E-state index contributed by atoms with van der Waals surface area (Å²) in [5.41, 5.74) is 0.869. The standard InChI is InChI=1S/C15H23N3O3/c1-12-6-4-7-13(17-12)18-15(19)16-9-5-11-21-14-8-2-3-10-20-14/h4,6-7,14H,2-3,5,8-11H2,1H3,(H2,16,17,18,19)/t14-/m0/s1. The van der Waals surface area contributed by atoms with Gasteiger partial charge in [0.05, 0.1) is 6.61 Å². The summed E-state index contributed by atoms with van der Waals surface area (Å²) in [6.07, 6.45) is 3.94. The van der Waals surface area contributed by atoms with Gasteiger partial charge >= 0.3 is 6.03 Å². The molecule has 6 heteroatoms. The second kappa shape index (κ2) is 8.59. The van der Waals surface area contributed by atoms with Crippen molar-refractivity contribution in [2.75, 3.05) is 25.1 Å². The van der Waals surface area contributed by atoms with Crippen molar-refractivity contribution in [2.24, 2.45) is 0 Å². The number of aryl methyl sites for hydroxylation is 1. The first kappa shape index (κ1) is 15.7. The van der Waals surface area contributed by atoms with Crippen LogP contribution in [0.4, 0.5) is 10.6 Å². The molecule has 1 aliphatic rings. The Balaban J connectivity index is 1.54. The maximum atomic E-state index is 11.7. The zero-order valence-corrected chi connectivity index (χ0v) is 12.4. The molecule has 1 atom stereocenters. The largest absolute Gasteiger partial charge is 0.353 e. The highest BCUT2D eigenvalue weighted by atomic mass is 16.7. The molecule has 0 aromatic carbocycles. The summed E-state index contributed by atoms with van der Waals surface area (Å²) >= 11 is 0. The van der Waals surface area contributed by atoms with Crippen LogP contribution in [-0.2, 0) is 9.47 Å². The van der Waals surface area contributed by atoms with Gasteiger partial charge in [0.1, 0.15) is 5.82 Å². The summed E-state index contributed by atoms with van der Waals surface area (Å²) < 4.78 is 11.1. The third-order valence-corrected chi connectivity index (χ3v) is 3.18. The van der Waals surface area contributed by atoms with Crippen LogP contribution in [0.1, 0.15) is 31.4 Å². The number of carbonyl (C=O) groups is 1. The number of hydrogen-bond donors (Lipinski definition) is 2. The zero-order chi connectivity index (χ0) is 14.9. The van der Waals surface area contributed by atoms with Crippen molar-refractivity contribution in [3.8, 4) is 0 Å². The first-order valence-electron chi connectivity index (χ1n) is 7.46. The maximum absolute atomic E-state index is 11.7. The molecule has 2 amide bonds. The van der Waals surface area contributed by atoms with Gasteiger partial charge in [0, 0.05) is 18.8 Å². The van der Waals surface area contributed by atoms with E-state index in [4.69, 9.17) is 9.47 Å². The highest BCUT2D eigenvalue weighted by Gasteiger charge is 2.13. The molecule has 0 radical (unpaired) electrons. The van der Waals surface area contributed by atoms with Crippen LogP contribution in [0, 0.1) is 6.92 Å². The number of rotatable bonds is 6. The number of anilines is 1. The van der Waals surface area contributed by atoms with Crippen LogP contribution in [0.15, 0.2) is 18.2 Å². The van der Waals surface area contributed by atoms with Gasteiger partial charge in [-0.1, -0.05) is 6.07 Å². The number of aromatic nitrogens is 1. The third-order valence-electron chi connectivity index (χ3n) is 3.18. The van der Waals surface area contributed by atoms with Crippen molar-refractivity contribution in [3.63, 3.8) is 0 Å². The molecule has 1 fully saturated rings. The molecule has 0 unspecified atom stereocenters. The van der Waals surface area contributed by atoms with Gasteiger partial charge in [0.15, 0.2) is 6.29 Å². The average molecular weight is 293 g/mol. The summed E-state index contributed by atoms with van der Waals surface area (Å²) in [7, 11) is 0. The number of amides is 2. The number of urea groups is 1. The minimum atomic E-state index is -0.248. The predicted molar refractivity (Wildman–Crippen MR) is 80.2 cm³/mol. The molecule has 21 heavy (non-hydrogen) atoms. The van der Waals surface area contributed by atoms with Gasteiger partial charge in [0.25, 0.3) is 0 Å². The van der Waals surface area contributed by atoms with Gasteiger partial charge in [-0.15, -0.1) is 0 Å². The number of ether oxygens (including phenoxy) is 2.